The fraction of sp³-hybridized carbons (Fsp3) is 0.391. The van der Waals surface area contributed by atoms with E-state index in [4.69, 9.17) is 14.2 Å². The van der Waals surface area contributed by atoms with E-state index >= 15 is 0 Å². The molecule has 0 fully saturated rings. The molecule has 0 bridgehead atoms. The molecular weight excluding hydrogens is 398 g/mol. The second-order valence-corrected chi connectivity index (χ2v) is 8.04. The monoisotopic (exact) mass is 427 g/mol. The Balaban J connectivity index is 1.42. The number of hydrogen-bond acceptors (Lipinski definition) is 6. The first-order valence-electron chi connectivity index (χ1n) is 10.0. The number of benzene rings is 2. The van der Waals surface area contributed by atoms with Crippen LogP contribution in [-0.4, -0.2) is 41.3 Å². The summed E-state index contributed by atoms with van der Waals surface area (Å²) in [6.07, 6.45) is 2.95. The molecule has 2 aromatic carbocycles. The van der Waals surface area contributed by atoms with Crippen LogP contribution >= 0.6 is 11.8 Å². The third-order valence-electron chi connectivity index (χ3n) is 4.96. The van der Waals surface area contributed by atoms with Gasteiger partial charge in [0.25, 0.3) is 0 Å². The van der Waals surface area contributed by atoms with E-state index in [2.05, 4.69) is 33.8 Å². The lowest BCUT2D eigenvalue weighted by molar-refractivity contribution is 0.342. The fourth-order valence-electron chi connectivity index (χ4n) is 3.17. The molecule has 0 amide bonds. The summed E-state index contributed by atoms with van der Waals surface area (Å²) in [5, 5.41) is 9.63. The van der Waals surface area contributed by atoms with Gasteiger partial charge >= 0.3 is 0 Å². The number of aromatic nitrogens is 3. The van der Waals surface area contributed by atoms with Crippen molar-refractivity contribution in [2.24, 2.45) is 7.05 Å². The quantitative estimate of drug-likeness (QED) is 0.332. The van der Waals surface area contributed by atoms with Crippen LogP contribution in [0.3, 0.4) is 0 Å². The van der Waals surface area contributed by atoms with E-state index in [0.717, 1.165) is 53.2 Å². The highest BCUT2D eigenvalue weighted by atomic mass is 32.2. The van der Waals surface area contributed by atoms with Gasteiger partial charge in [-0.1, -0.05) is 17.8 Å². The van der Waals surface area contributed by atoms with Gasteiger partial charge in [-0.3, -0.25) is 0 Å². The average molecular weight is 428 g/mol. The van der Waals surface area contributed by atoms with Crippen molar-refractivity contribution >= 4 is 11.8 Å². The van der Waals surface area contributed by atoms with Gasteiger partial charge in [0.2, 0.25) is 0 Å². The number of rotatable bonds is 11. The Morgan fingerprint density at radius 2 is 1.60 bits per heavy atom. The molecule has 0 radical (unpaired) electrons. The Morgan fingerprint density at radius 3 is 2.30 bits per heavy atom. The summed E-state index contributed by atoms with van der Waals surface area (Å²) in [7, 11) is 5.38. The molecular formula is C23H29N3O3S. The van der Waals surface area contributed by atoms with E-state index in [1.54, 1.807) is 26.0 Å². The highest BCUT2D eigenvalue weighted by molar-refractivity contribution is 7.99. The Labute approximate surface area is 182 Å². The maximum atomic E-state index is 5.77. The number of aryl methyl sites for hydroxylation is 3. The van der Waals surface area contributed by atoms with Crippen LogP contribution < -0.4 is 14.2 Å². The summed E-state index contributed by atoms with van der Waals surface area (Å²) in [4.78, 5) is 0. The Hall–Kier alpha value is -2.67. The van der Waals surface area contributed by atoms with Gasteiger partial charge in [0.15, 0.2) is 5.16 Å². The number of methoxy groups -OCH3 is 2. The SMILES string of the molecule is COc1ccc(OCCSc2nnc(CCCc3ccc(OC)cc3C)n2C)cc1. The number of thioether (sulfide) groups is 1. The maximum absolute atomic E-state index is 5.77. The minimum atomic E-state index is 0.607. The van der Waals surface area contributed by atoms with Gasteiger partial charge in [-0.05, 0) is 67.3 Å². The third-order valence-corrected chi connectivity index (χ3v) is 5.95. The molecule has 7 heteroatoms. The predicted octanol–water partition coefficient (Wildman–Crippen LogP) is 4.49. The topological polar surface area (TPSA) is 58.4 Å². The summed E-state index contributed by atoms with van der Waals surface area (Å²) in [5.74, 6) is 4.39. The number of nitrogens with zero attached hydrogens (tertiary/aromatic N) is 3. The van der Waals surface area contributed by atoms with E-state index in [1.807, 2.05) is 37.4 Å². The summed E-state index contributed by atoms with van der Waals surface area (Å²) in [5.41, 5.74) is 2.61. The van der Waals surface area contributed by atoms with E-state index in [0.29, 0.717) is 6.61 Å². The zero-order valence-electron chi connectivity index (χ0n) is 18.1. The van der Waals surface area contributed by atoms with Gasteiger partial charge in [0.05, 0.1) is 20.8 Å². The van der Waals surface area contributed by atoms with Crippen molar-refractivity contribution in [3.05, 3.63) is 59.4 Å². The largest absolute Gasteiger partial charge is 0.497 e. The van der Waals surface area contributed by atoms with Crippen molar-refractivity contribution < 1.29 is 14.2 Å². The van der Waals surface area contributed by atoms with Crippen molar-refractivity contribution in [1.82, 2.24) is 14.8 Å². The molecule has 0 N–H and O–H groups in total. The molecule has 1 aromatic heterocycles. The summed E-state index contributed by atoms with van der Waals surface area (Å²) in [6, 6.07) is 13.9. The first-order valence-corrected chi connectivity index (χ1v) is 11.0. The van der Waals surface area contributed by atoms with Gasteiger partial charge in [0.1, 0.15) is 23.1 Å². The van der Waals surface area contributed by atoms with Gasteiger partial charge in [0, 0.05) is 19.2 Å². The minimum absolute atomic E-state index is 0.607. The molecule has 0 unspecified atom stereocenters. The fourth-order valence-corrected chi connectivity index (χ4v) is 3.91. The predicted molar refractivity (Wildman–Crippen MR) is 120 cm³/mol. The van der Waals surface area contributed by atoms with Gasteiger partial charge in [-0.25, -0.2) is 0 Å². The standard InChI is InChI=1S/C23H29N3O3S/c1-17-16-21(28-4)9-8-18(17)6-5-7-22-24-25-23(26(22)2)30-15-14-29-20-12-10-19(27-3)11-13-20/h8-13,16H,5-7,14-15H2,1-4H3. The van der Waals surface area contributed by atoms with Gasteiger partial charge in [-0.2, -0.15) is 0 Å². The Morgan fingerprint density at radius 1 is 0.900 bits per heavy atom. The van der Waals surface area contributed by atoms with Crippen LogP contribution in [0.5, 0.6) is 17.2 Å². The van der Waals surface area contributed by atoms with Crippen LogP contribution in [0, 0.1) is 6.92 Å². The molecule has 160 valence electrons. The lowest BCUT2D eigenvalue weighted by Gasteiger charge is -2.08. The third kappa shape index (κ3) is 5.92. The molecule has 1 heterocycles. The zero-order chi connectivity index (χ0) is 21.3. The molecule has 30 heavy (non-hydrogen) atoms. The number of hydrogen-bond donors (Lipinski definition) is 0. The highest BCUT2D eigenvalue weighted by Gasteiger charge is 2.10. The second kappa shape index (κ2) is 10.9. The lowest BCUT2D eigenvalue weighted by Crippen LogP contribution is -2.03. The molecule has 0 aliphatic rings. The maximum Gasteiger partial charge on any atom is 0.191 e. The average Bonchev–Trinajstić information content (AvgIpc) is 3.12. The Kier molecular flexibility index (Phi) is 8.02. The van der Waals surface area contributed by atoms with Gasteiger partial charge < -0.3 is 18.8 Å². The lowest BCUT2D eigenvalue weighted by atomic mass is 10.0. The zero-order valence-corrected chi connectivity index (χ0v) is 18.9. The Bertz CT molecular complexity index is 941. The van der Waals surface area contributed by atoms with E-state index in [1.165, 1.54) is 11.1 Å². The molecule has 0 atom stereocenters. The van der Waals surface area contributed by atoms with Crippen molar-refractivity contribution in [2.75, 3.05) is 26.6 Å². The van der Waals surface area contributed by atoms with Crippen LogP contribution in [0.1, 0.15) is 23.4 Å². The summed E-state index contributed by atoms with van der Waals surface area (Å²) < 4.78 is 18.3. The smallest absolute Gasteiger partial charge is 0.191 e. The molecule has 3 aromatic rings. The minimum Gasteiger partial charge on any atom is -0.497 e. The van der Waals surface area contributed by atoms with Crippen molar-refractivity contribution in [2.45, 2.75) is 31.3 Å². The number of ether oxygens (including phenoxy) is 3. The van der Waals surface area contributed by atoms with Crippen LogP contribution in [0.25, 0.3) is 0 Å². The van der Waals surface area contributed by atoms with Crippen molar-refractivity contribution in [3.8, 4) is 17.2 Å². The normalized spacial score (nSPS) is 10.8. The first kappa shape index (κ1) is 22.0. The van der Waals surface area contributed by atoms with Crippen LogP contribution in [-0.2, 0) is 19.9 Å². The van der Waals surface area contributed by atoms with Crippen LogP contribution in [0.4, 0.5) is 0 Å². The first-order chi connectivity index (χ1) is 14.6. The second-order valence-electron chi connectivity index (χ2n) is 6.98. The van der Waals surface area contributed by atoms with E-state index in [9.17, 15) is 0 Å². The molecule has 0 aliphatic heterocycles. The molecule has 0 saturated heterocycles. The van der Waals surface area contributed by atoms with Crippen molar-refractivity contribution in [3.63, 3.8) is 0 Å². The van der Waals surface area contributed by atoms with E-state index < -0.39 is 0 Å². The summed E-state index contributed by atoms with van der Waals surface area (Å²) in [6.45, 7) is 2.73. The van der Waals surface area contributed by atoms with Crippen LogP contribution in [0.15, 0.2) is 47.6 Å². The van der Waals surface area contributed by atoms with Gasteiger partial charge in [-0.15, -0.1) is 10.2 Å². The highest BCUT2D eigenvalue weighted by Crippen LogP contribution is 2.21. The molecule has 0 spiro atoms. The van der Waals surface area contributed by atoms with E-state index in [-0.39, 0.29) is 0 Å². The molecule has 0 aliphatic carbocycles. The van der Waals surface area contributed by atoms with Crippen molar-refractivity contribution in [1.29, 1.82) is 0 Å². The summed E-state index contributed by atoms with van der Waals surface area (Å²) >= 11 is 1.66. The van der Waals surface area contributed by atoms with Crippen LogP contribution in [0.2, 0.25) is 0 Å². The molecule has 0 saturated carbocycles. The molecule has 6 nitrogen and oxygen atoms in total. The molecule has 3 rings (SSSR count).